The lowest BCUT2D eigenvalue weighted by Gasteiger charge is -2.39. The van der Waals surface area contributed by atoms with Crippen molar-refractivity contribution in [3.05, 3.63) is 82.5 Å². The number of amides is 1. The number of dihydropyridines is 1. The minimum Gasteiger partial charge on any atom is -0.497 e. The molecule has 0 bridgehead atoms. The van der Waals surface area contributed by atoms with Crippen molar-refractivity contribution in [2.75, 3.05) is 12.4 Å². The van der Waals surface area contributed by atoms with Gasteiger partial charge in [0.05, 0.1) is 7.11 Å². The van der Waals surface area contributed by atoms with E-state index in [-0.39, 0.29) is 17.1 Å². The van der Waals surface area contributed by atoms with Crippen LogP contribution >= 0.6 is 0 Å². The highest BCUT2D eigenvalue weighted by atomic mass is 19.1. The van der Waals surface area contributed by atoms with E-state index in [9.17, 15) is 14.0 Å². The molecule has 0 fully saturated rings. The van der Waals surface area contributed by atoms with E-state index >= 15 is 0 Å². The van der Waals surface area contributed by atoms with E-state index in [1.54, 1.807) is 13.2 Å². The Kier molecular flexibility index (Phi) is 5.63. The van der Waals surface area contributed by atoms with Crippen LogP contribution in [0.5, 0.6) is 5.75 Å². The Morgan fingerprint density at radius 1 is 1.16 bits per heavy atom. The molecular weight excluding hydrogens is 407 g/mol. The molecule has 4 rings (SSSR count). The Morgan fingerprint density at radius 3 is 2.62 bits per heavy atom. The van der Waals surface area contributed by atoms with Crippen LogP contribution in [0.4, 0.5) is 10.1 Å². The Morgan fingerprint density at radius 2 is 1.91 bits per heavy atom. The average molecular weight is 435 g/mol. The van der Waals surface area contributed by atoms with Crippen molar-refractivity contribution in [3.63, 3.8) is 0 Å². The van der Waals surface area contributed by atoms with Crippen molar-refractivity contribution in [1.82, 2.24) is 5.32 Å². The summed E-state index contributed by atoms with van der Waals surface area (Å²) in [6.45, 7) is 5.98. The van der Waals surface area contributed by atoms with Gasteiger partial charge in [0.1, 0.15) is 11.6 Å². The predicted octanol–water partition coefficient (Wildman–Crippen LogP) is 5.08. The van der Waals surface area contributed by atoms with Gasteiger partial charge < -0.3 is 15.4 Å². The third-order valence-electron chi connectivity index (χ3n) is 5.99. The molecule has 0 radical (unpaired) electrons. The van der Waals surface area contributed by atoms with Crippen LogP contribution in [0, 0.1) is 11.2 Å². The lowest BCUT2D eigenvalue weighted by atomic mass is 9.68. The molecule has 0 aromatic heterocycles. The zero-order valence-electron chi connectivity index (χ0n) is 18.7. The van der Waals surface area contributed by atoms with E-state index in [2.05, 4.69) is 24.5 Å². The number of benzene rings is 2. The predicted molar refractivity (Wildman–Crippen MR) is 122 cm³/mol. The molecular formula is C26H27FN2O3. The summed E-state index contributed by atoms with van der Waals surface area (Å²) in [5, 5.41) is 6.13. The highest BCUT2D eigenvalue weighted by Crippen LogP contribution is 2.47. The quantitative estimate of drug-likeness (QED) is 0.705. The Hall–Kier alpha value is -3.41. The van der Waals surface area contributed by atoms with Crippen LogP contribution in [-0.4, -0.2) is 18.8 Å². The van der Waals surface area contributed by atoms with Crippen molar-refractivity contribution < 1.29 is 18.7 Å². The number of halogens is 1. The molecule has 2 aromatic rings. The molecule has 1 atom stereocenters. The molecule has 2 aliphatic rings. The number of carbonyl (C=O) groups excluding carboxylic acids is 2. The number of methoxy groups -OCH3 is 1. The van der Waals surface area contributed by atoms with Gasteiger partial charge in [-0.1, -0.05) is 32.0 Å². The molecule has 32 heavy (non-hydrogen) atoms. The molecule has 0 unspecified atom stereocenters. The van der Waals surface area contributed by atoms with Gasteiger partial charge in [0.2, 0.25) is 0 Å². The number of ether oxygens (including phenoxy) is 1. The van der Waals surface area contributed by atoms with E-state index in [0.717, 1.165) is 11.3 Å². The summed E-state index contributed by atoms with van der Waals surface area (Å²) >= 11 is 0. The first-order valence-corrected chi connectivity index (χ1v) is 10.6. The number of anilines is 1. The number of hydrogen-bond donors (Lipinski definition) is 2. The van der Waals surface area contributed by atoms with Gasteiger partial charge in [0.15, 0.2) is 5.78 Å². The van der Waals surface area contributed by atoms with E-state index in [4.69, 9.17) is 4.74 Å². The summed E-state index contributed by atoms with van der Waals surface area (Å²) < 4.78 is 19.1. The lowest BCUT2D eigenvalue weighted by molar-refractivity contribution is -0.118. The van der Waals surface area contributed by atoms with Crippen LogP contribution in [0.25, 0.3) is 0 Å². The monoisotopic (exact) mass is 434 g/mol. The van der Waals surface area contributed by atoms with Gasteiger partial charge in [-0.05, 0) is 54.7 Å². The fraction of sp³-hybridized carbons (Fsp3) is 0.308. The maximum Gasteiger partial charge on any atom is 0.254 e. The smallest absolute Gasteiger partial charge is 0.254 e. The Bertz CT molecular complexity index is 1160. The summed E-state index contributed by atoms with van der Waals surface area (Å²) in [6, 6.07) is 13.2. The zero-order valence-corrected chi connectivity index (χ0v) is 18.7. The number of Topliss-reactive ketones (excluding diaryl/α,β-unsaturated/α-hetero) is 1. The fourth-order valence-corrected chi connectivity index (χ4v) is 4.66. The van der Waals surface area contributed by atoms with Gasteiger partial charge in [-0.25, -0.2) is 4.39 Å². The second kappa shape index (κ2) is 8.26. The molecule has 0 saturated heterocycles. The first-order chi connectivity index (χ1) is 15.2. The molecule has 2 aromatic carbocycles. The Balaban J connectivity index is 1.82. The van der Waals surface area contributed by atoms with Crippen LogP contribution < -0.4 is 15.4 Å². The topological polar surface area (TPSA) is 67.4 Å². The van der Waals surface area contributed by atoms with Crippen molar-refractivity contribution >= 4 is 17.4 Å². The number of hydrogen-bond acceptors (Lipinski definition) is 4. The summed E-state index contributed by atoms with van der Waals surface area (Å²) in [5.74, 6) is -0.681. The third kappa shape index (κ3) is 4.17. The highest BCUT2D eigenvalue weighted by molar-refractivity contribution is 6.10. The number of ketones is 1. The zero-order chi connectivity index (χ0) is 23.0. The molecule has 0 saturated carbocycles. The molecule has 6 heteroatoms. The van der Waals surface area contributed by atoms with Gasteiger partial charge in [-0.3, -0.25) is 9.59 Å². The summed E-state index contributed by atoms with van der Waals surface area (Å²) in [7, 11) is 1.58. The van der Waals surface area contributed by atoms with Crippen molar-refractivity contribution in [2.24, 2.45) is 5.41 Å². The molecule has 1 aliphatic heterocycles. The van der Waals surface area contributed by atoms with E-state index in [1.807, 2.05) is 31.2 Å². The second-order valence-corrected chi connectivity index (χ2v) is 9.17. The minimum atomic E-state index is -0.543. The van der Waals surface area contributed by atoms with Gasteiger partial charge in [-0.15, -0.1) is 0 Å². The largest absolute Gasteiger partial charge is 0.497 e. The molecule has 1 aliphatic carbocycles. The molecule has 0 spiro atoms. The summed E-state index contributed by atoms with van der Waals surface area (Å²) in [5.41, 5.74) is 3.59. The maximum absolute atomic E-state index is 13.7. The van der Waals surface area contributed by atoms with Crippen molar-refractivity contribution in [3.8, 4) is 5.75 Å². The first-order valence-electron chi connectivity index (χ1n) is 10.6. The van der Waals surface area contributed by atoms with Crippen LogP contribution in [0.2, 0.25) is 0 Å². The van der Waals surface area contributed by atoms with Crippen LogP contribution in [0.3, 0.4) is 0 Å². The normalized spacial score (nSPS) is 19.9. The number of allylic oxidation sites excluding steroid dienone is 3. The number of carbonyl (C=O) groups is 2. The molecule has 1 amide bonds. The van der Waals surface area contributed by atoms with E-state index < -0.39 is 11.7 Å². The van der Waals surface area contributed by atoms with Gasteiger partial charge in [0.25, 0.3) is 5.91 Å². The van der Waals surface area contributed by atoms with E-state index in [1.165, 1.54) is 18.2 Å². The van der Waals surface area contributed by atoms with Gasteiger partial charge >= 0.3 is 0 Å². The minimum absolute atomic E-state index is 0.0279. The van der Waals surface area contributed by atoms with Gasteiger partial charge in [0, 0.05) is 40.6 Å². The molecule has 166 valence electrons. The van der Waals surface area contributed by atoms with Crippen molar-refractivity contribution in [1.29, 1.82) is 0 Å². The maximum atomic E-state index is 13.7. The second-order valence-electron chi connectivity index (χ2n) is 9.17. The third-order valence-corrected chi connectivity index (χ3v) is 5.99. The van der Waals surface area contributed by atoms with Gasteiger partial charge in [-0.2, -0.15) is 0 Å². The number of rotatable bonds is 4. The number of nitrogens with one attached hydrogen (secondary N) is 2. The molecule has 2 N–H and O–H groups in total. The van der Waals surface area contributed by atoms with Crippen LogP contribution in [0.1, 0.15) is 45.1 Å². The standard InChI is InChI=1S/C26H27FN2O3/c1-15-22(25(31)29-18-9-6-8-17(27)12-18)23(16-7-5-10-19(11-16)32-4)24-20(28-15)13-26(2,3)14-21(24)30/h5-12,23,28H,13-14H2,1-4H3,(H,29,31)/t23-/m0/s1. The molecule has 1 heterocycles. The summed E-state index contributed by atoms with van der Waals surface area (Å²) in [6.07, 6.45) is 1.12. The Labute approximate surface area is 187 Å². The van der Waals surface area contributed by atoms with Crippen LogP contribution in [-0.2, 0) is 9.59 Å². The van der Waals surface area contributed by atoms with Crippen molar-refractivity contribution in [2.45, 2.75) is 39.5 Å². The lowest BCUT2D eigenvalue weighted by Crippen LogP contribution is -2.39. The highest BCUT2D eigenvalue weighted by Gasteiger charge is 2.42. The van der Waals surface area contributed by atoms with Crippen LogP contribution in [0.15, 0.2) is 71.1 Å². The first kappa shape index (κ1) is 21.8. The summed E-state index contributed by atoms with van der Waals surface area (Å²) in [4.78, 5) is 26.8. The average Bonchev–Trinajstić information content (AvgIpc) is 2.71. The van der Waals surface area contributed by atoms with E-state index in [0.29, 0.717) is 41.1 Å². The SMILES string of the molecule is COc1cccc([C@H]2C(C(=O)Nc3cccc(F)c3)=C(C)NC3=C2C(=O)CC(C)(C)C3)c1. The molecule has 5 nitrogen and oxygen atoms in total. The fourth-order valence-electron chi connectivity index (χ4n) is 4.66.